The molecule has 1 heterocycles. The van der Waals surface area contributed by atoms with E-state index in [0.717, 1.165) is 23.7 Å². The third-order valence-corrected chi connectivity index (χ3v) is 4.60. The lowest BCUT2D eigenvalue weighted by Gasteiger charge is -2.13. The van der Waals surface area contributed by atoms with Crippen LogP contribution in [0.25, 0.3) is 10.9 Å². The van der Waals surface area contributed by atoms with Gasteiger partial charge >= 0.3 is 0 Å². The number of hydrogen-bond acceptors (Lipinski definition) is 4. The van der Waals surface area contributed by atoms with Crippen molar-refractivity contribution in [3.05, 3.63) is 54.0 Å². The van der Waals surface area contributed by atoms with Crippen molar-refractivity contribution in [3.63, 3.8) is 0 Å². The first-order valence-electron chi connectivity index (χ1n) is 8.58. The fraction of sp³-hybridized carbons (Fsp3) is 0.316. The van der Waals surface area contributed by atoms with E-state index in [2.05, 4.69) is 23.7 Å². The molecule has 0 spiro atoms. The molecule has 1 aromatic heterocycles. The van der Waals surface area contributed by atoms with Gasteiger partial charge in [-0.05, 0) is 42.3 Å². The van der Waals surface area contributed by atoms with Crippen molar-refractivity contribution >= 4 is 20.9 Å². The van der Waals surface area contributed by atoms with Crippen LogP contribution in [0.3, 0.4) is 0 Å². The Balaban J connectivity index is 2.01. The van der Waals surface area contributed by atoms with E-state index in [4.69, 9.17) is 4.74 Å². The van der Waals surface area contributed by atoms with Gasteiger partial charge in [-0.25, -0.2) is 17.5 Å². The molecule has 0 radical (unpaired) electrons. The van der Waals surface area contributed by atoms with Crippen molar-refractivity contribution in [1.29, 1.82) is 0 Å². The van der Waals surface area contributed by atoms with Crippen LogP contribution in [0.5, 0.6) is 11.5 Å². The minimum absolute atomic E-state index is 0.0815. The maximum Gasteiger partial charge on any atom is 0.209 e. The number of aromatic nitrogens is 2. The van der Waals surface area contributed by atoms with Crippen LogP contribution in [0.15, 0.2) is 42.6 Å². The quantitative estimate of drug-likeness (QED) is 0.667. The van der Waals surface area contributed by atoms with Crippen LogP contribution in [-0.4, -0.2) is 24.5 Å². The van der Waals surface area contributed by atoms with Crippen molar-refractivity contribution in [2.24, 2.45) is 5.92 Å². The van der Waals surface area contributed by atoms with Gasteiger partial charge in [0, 0.05) is 24.0 Å². The number of halogens is 1. The fourth-order valence-corrected chi connectivity index (χ4v) is 3.13. The second-order valence-corrected chi connectivity index (χ2v) is 8.72. The van der Waals surface area contributed by atoms with Crippen molar-refractivity contribution in [3.8, 4) is 11.5 Å². The Morgan fingerprint density at radius 2 is 1.93 bits per heavy atom. The van der Waals surface area contributed by atoms with E-state index in [0.29, 0.717) is 23.0 Å². The number of nitrogens with zero attached hydrogens (tertiary/aromatic N) is 2. The highest BCUT2D eigenvalue weighted by Crippen LogP contribution is 2.30. The van der Waals surface area contributed by atoms with Crippen LogP contribution in [0.1, 0.15) is 19.4 Å². The second-order valence-electron chi connectivity index (χ2n) is 6.89. The minimum atomic E-state index is -3.36. The number of sulfonamides is 1. The Hall–Kier alpha value is -2.45. The zero-order valence-electron chi connectivity index (χ0n) is 15.4. The highest BCUT2D eigenvalue weighted by Gasteiger charge is 2.14. The van der Waals surface area contributed by atoms with Gasteiger partial charge in [0.25, 0.3) is 0 Å². The molecule has 0 atom stereocenters. The van der Waals surface area contributed by atoms with Gasteiger partial charge < -0.3 is 4.74 Å². The molecule has 8 heteroatoms. The number of ether oxygens (including phenoxy) is 1. The van der Waals surface area contributed by atoms with Gasteiger partial charge in [-0.3, -0.25) is 4.68 Å². The molecule has 3 aromatic rings. The largest absolute Gasteiger partial charge is 0.457 e. The maximum atomic E-state index is 13.1. The van der Waals surface area contributed by atoms with Gasteiger partial charge in [-0.15, -0.1) is 0 Å². The molecule has 1 N–H and O–H groups in total. The summed E-state index contributed by atoms with van der Waals surface area (Å²) < 4.78 is 46.5. The Labute approximate surface area is 158 Å². The molecule has 6 nitrogen and oxygen atoms in total. The molecule has 2 aromatic carbocycles. The second kappa shape index (κ2) is 7.66. The average molecular weight is 391 g/mol. The summed E-state index contributed by atoms with van der Waals surface area (Å²) in [5.41, 5.74) is 1.57. The summed E-state index contributed by atoms with van der Waals surface area (Å²) in [5, 5.41) is 5.30. The van der Waals surface area contributed by atoms with Crippen LogP contribution in [0, 0.1) is 11.7 Å². The summed E-state index contributed by atoms with van der Waals surface area (Å²) in [6, 6.07) is 9.36. The van der Waals surface area contributed by atoms with Crippen molar-refractivity contribution < 1.29 is 17.5 Å². The summed E-state index contributed by atoms with van der Waals surface area (Å²) in [7, 11) is -3.36. The predicted molar refractivity (Wildman–Crippen MR) is 103 cm³/mol. The first-order valence-corrected chi connectivity index (χ1v) is 10.5. The third kappa shape index (κ3) is 5.05. The van der Waals surface area contributed by atoms with E-state index in [1.54, 1.807) is 6.20 Å². The number of fused-ring (bicyclic) bond motifs is 1. The van der Waals surface area contributed by atoms with Crippen LogP contribution >= 0.6 is 0 Å². The molecule has 0 aliphatic heterocycles. The number of hydrogen-bond donors (Lipinski definition) is 1. The summed E-state index contributed by atoms with van der Waals surface area (Å²) >= 11 is 0. The minimum Gasteiger partial charge on any atom is -0.457 e. The first-order chi connectivity index (χ1) is 12.7. The molecule has 0 saturated carbocycles. The van der Waals surface area contributed by atoms with Gasteiger partial charge in [0.2, 0.25) is 10.0 Å². The molecule has 0 unspecified atom stereocenters. The highest BCUT2D eigenvalue weighted by molar-refractivity contribution is 7.88. The lowest BCUT2D eigenvalue weighted by molar-refractivity contribution is 0.473. The molecule has 0 aliphatic carbocycles. The van der Waals surface area contributed by atoms with Crippen molar-refractivity contribution in [2.75, 3.05) is 6.26 Å². The van der Waals surface area contributed by atoms with E-state index < -0.39 is 10.0 Å². The van der Waals surface area contributed by atoms with E-state index in [1.165, 1.54) is 24.3 Å². The van der Waals surface area contributed by atoms with E-state index in [9.17, 15) is 12.8 Å². The van der Waals surface area contributed by atoms with Crippen LogP contribution in [0.4, 0.5) is 4.39 Å². The Morgan fingerprint density at radius 3 is 2.56 bits per heavy atom. The van der Waals surface area contributed by atoms with Crippen LogP contribution < -0.4 is 9.46 Å². The molecule has 0 bridgehead atoms. The van der Waals surface area contributed by atoms with Gasteiger partial charge in [-0.1, -0.05) is 13.8 Å². The topological polar surface area (TPSA) is 73.2 Å². The van der Waals surface area contributed by atoms with Crippen molar-refractivity contribution in [1.82, 2.24) is 14.5 Å². The van der Waals surface area contributed by atoms with E-state index in [1.807, 2.05) is 16.8 Å². The zero-order chi connectivity index (χ0) is 19.6. The number of rotatable bonds is 7. The van der Waals surface area contributed by atoms with Gasteiger partial charge in [-0.2, -0.15) is 5.10 Å². The molecule has 27 heavy (non-hydrogen) atoms. The smallest absolute Gasteiger partial charge is 0.209 e. The normalized spacial score (nSPS) is 12.0. The summed E-state index contributed by atoms with van der Waals surface area (Å²) in [4.78, 5) is 0. The molecule has 144 valence electrons. The molecular formula is C19H22FN3O3S. The van der Waals surface area contributed by atoms with Crippen molar-refractivity contribution in [2.45, 2.75) is 26.9 Å². The molecule has 0 saturated heterocycles. The lowest BCUT2D eigenvalue weighted by Crippen LogP contribution is -2.21. The summed E-state index contributed by atoms with van der Waals surface area (Å²) in [5.74, 6) is 1.02. The maximum absolute atomic E-state index is 13.1. The van der Waals surface area contributed by atoms with Crippen LogP contribution in [-0.2, 0) is 23.1 Å². The standard InChI is InChI=1S/C19H22FN3O3S/c1-13(2)12-23-18-8-15(11-22-27(3,24)25)19(9-14(18)10-21-23)26-17-6-4-16(20)5-7-17/h4-10,13,22H,11-12H2,1-3H3. The predicted octanol–water partition coefficient (Wildman–Crippen LogP) is 3.67. The molecule has 0 aliphatic rings. The fourth-order valence-electron chi connectivity index (χ4n) is 2.71. The molecule has 0 amide bonds. The van der Waals surface area contributed by atoms with E-state index >= 15 is 0 Å². The third-order valence-electron chi connectivity index (χ3n) is 3.93. The molecule has 3 rings (SSSR count). The number of benzene rings is 2. The first kappa shape index (κ1) is 19.3. The zero-order valence-corrected chi connectivity index (χ0v) is 16.3. The Morgan fingerprint density at radius 1 is 1.22 bits per heavy atom. The highest BCUT2D eigenvalue weighted by atomic mass is 32.2. The molecule has 0 fully saturated rings. The number of nitrogens with one attached hydrogen (secondary N) is 1. The summed E-state index contributed by atoms with van der Waals surface area (Å²) in [6.45, 7) is 5.04. The summed E-state index contributed by atoms with van der Waals surface area (Å²) in [6.07, 6.45) is 2.86. The van der Waals surface area contributed by atoms with Gasteiger partial charge in [0.05, 0.1) is 18.0 Å². The monoisotopic (exact) mass is 391 g/mol. The van der Waals surface area contributed by atoms with Crippen LogP contribution in [0.2, 0.25) is 0 Å². The SMILES string of the molecule is CC(C)Cn1ncc2cc(Oc3ccc(F)cc3)c(CNS(C)(=O)=O)cc21. The van der Waals surface area contributed by atoms with E-state index in [-0.39, 0.29) is 12.4 Å². The van der Waals surface area contributed by atoms with Gasteiger partial charge in [0.1, 0.15) is 17.3 Å². The van der Waals surface area contributed by atoms with Gasteiger partial charge in [0.15, 0.2) is 0 Å². The Bertz CT molecular complexity index is 1040. The Kier molecular flexibility index (Phi) is 5.48. The molecular weight excluding hydrogens is 369 g/mol. The average Bonchev–Trinajstić information content (AvgIpc) is 2.95. The lowest BCUT2D eigenvalue weighted by atomic mass is 10.1.